The first-order chi connectivity index (χ1) is 13.1. The van der Waals surface area contributed by atoms with E-state index in [0.29, 0.717) is 23.9 Å². The Morgan fingerprint density at radius 2 is 1.63 bits per heavy atom. The second-order valence-electron chi connectivity index (χ2n) is 7.49. The Morgan fingerprint density at radius 1 is 0.852 bits per heavy atom. The minimum atomic E-state index is -3.39. The SMILES string of the molecule is O=S(=O)(c1ccc(N2CCCC(c3ccccc3)CC2)nc1)N1CCCC1. The van der Waals surface area contributed by atoms with Crippen LogP contribution in [0, 0.1) is 0 Å². The first-order valence-electron chi connectivity index (χ1n) is 9.91. The van der Waals surface area contributed by atoms with E-state index in [0.717, 1.165) is 44.6 Å². The van der Waals surface area contributed by atoms with Crippen LogP contribution < -0.4 is 4.90 Å². The molecule has 144 valence electrons. The molecule has 2 aliphatic rings. The van der Waals surface area contributed by atoms with Crippen LogP contribution in [0.5, 0.6) is 0 Å². The Morgan fingerprint density at radius 3 is 2.33 bits per heavy atom. The number of hydrogen-bond acceptors (Lipinski definition) is 4. The molecule has 4 rings (SSSR count). The topological polar surface area (TPSA) is 53.5 Å². The molecular weight excluding hydrogens is 358 g/mol. The third kappa shape index (κ3) is 4.01. The standard InChI is InChI=1S/C21H27N3O2S/c25-27(26,24-14-4-5-15-24)20-10-11-21(22-17-20)23-13-6-9-19(12-16-23)18-7-2-1-3-8-18/h1-3,7-8,10-11,17,19H,4-6,9,12-16H2. The van der Waals surface area contributed by atoms with Crippen LogP contribution in [0.2, 0.25) is 0 Å². The van der Waals surface area contributed by atoms with E-state index in [2.05, 4.69) is 40.2 Å². The van der Waals surface area contributed by atoms with Crippen LogP contribution in [-0.2, 0) is 10.0 Å². The van der Waals surface area contributed by atoms with E-state index in [4.69, 9.17) is 0 Å². The van der Waals surface area contributed by atoms with Crippen molar-refractivity contribution in [2.75, 3.05) is 31.1 Å². The molecule has 1 aromatic carbocycles. The molecule has 6 heteroatoms. The normalized spacial score (nSPS) is 21.9. The lowest BCUT2D eigenvalue weighted by Crippen LogP contribution is -2.28. The molecule has 0 spiro atoms. The molecule has 2 fully saturated rings. The number of pyridine rings is 1. The van der Waals surface area contributed by atoms with Crippen LogP contribution in [0.1, 0.15) is 43.6 Å². The smallest absolute Gasteiger partial charge is 0.244 e. The second-order valence-corrected chi connectivity index (χ2v) is 9.43. The summed E-state index contributed by atoms with van der Waals surface area (Å²) in [5, 5.41) is 0. The molecule has 27 heavy (non-hydrogen) atoms. The highest BCUT2D eigenvalue weighted by molar-refractivity contribution is 7.89. The van der Waals surface area contributed by atoms with E-state index in [-0.39, 0.29) is 0 Å². The quantitative estimate of drug-likeness (QED) is 0.806. The Kier molecular flexibility index (Phi) is 5.45. The molecule has 0 radical (unpaired) electrons. The van der Waals surface area contributed by atoms with Gasteiger partial charge in [0.05, 0.1) is 0 Å². The van der Waals surface area contributed by atoms with Gasteiger partial charge in [-0.25, -0.2) is 13.4 Å². The van der Waals surface area contributed by atoms with Crippen LogP contribution in [0.3, 0.4) is 0 Å². The van der Waals surface area contributed by atoms with Crippen molar-refractivity contribution < 1.29 is 8.42 Å². The molecule has 0 bridgehead atoms. The van der Waals surface area contributed by atoms with Crippen LogP contribution in [0.15, 0.2) is 53.6 Å². The molecule has 1 aromatic heterocycles. The van der Waals surface area contributed by atoms with Crippen LogP contribution in [0.25, 0.3) is 0 Å². The molecule has 2 aliphatic heterocycles. The van der Waals surface area contributed by atoms with Gasteiger partial charge in [0, 0.05) is 32.4 Å². The Balaban J connectivity index is 1.45. The third-order valence-corrected chi connectivity index (χ3v) is 7.63. The summed E-state index contributed by atoms with van der Waals surface area (Å²) in [4.78, 5) is 7.10. The Hall–Kier alpha value is -1.92. The first-order valence-corrected chi connectivity index (χ1v) is 11.3. The average Bonchev–Trinajstić information content (AvgIpc) is 3.15. The van der Waals surface area contributed by atoms with Crippen molar-refractivity contribution in [2.45, 2.75) is 42.9 Å². The zero-order chi connectivity index (χ0) is 18.7. The molecule has 5 nitrogen and oxygen atoms in total. The summed E-state index contributed by atoms with van der Waals surface area (Å²) in [6, 6.07) is 14.3. The van der Waals surface area contributed by atoms with Crippen molar-refractivity contribution in [1.82, 2.24) is 9.29 Å². The maximum absolute atomic E-state index is 12.6. The van der Waals surface area contributed by atoms with E-state index in [1.807, 2.05) is 6.07 Å². The highest BCUT2D eigenvalue weighted by Gasteiger charge is 2.27. The average molecular weight is 386 g/mol. The summed E-state index contributed by atoms with van der Waals surface area (Å²) in [7, 11) is -3.39. The van der Waals surface area contributed by atoms with E-state index >= 15 is 0 Å². The summed E-state index contributed by atoms with van der Waals surface area (Å²) in [5.74, 6) is 1.47. The van der Waals surface area contributed by atoms with E-state index < -0.39 is 10.0 Å². The fourth-order valence-corrected chi connectivity index (χ4v) is 5.64. The highest BCUT2D eigenvalue weighted by atomic mass is 32.2. The van der Waals surface area contributed by atoms with Crippen molar-refractivity contribution in [2.24, 2.45) is 0 Å². The van der Waals surface area contributed by atoms with Crippen molar-refractivity contribution in [3.8, 4) is 0 Å². The molecule has 0 N–H and O–H groups in total. The zero-order valence-corrected chi connectivity index (χ0v) is 16.4. The van der Waals surface area contributed by atoms with Crippen molar-refractivity contribution >= 4 is 15.8 Å². The Labute approximate surface area is 162 Å². The molecule has 0 aliphatic carbocycles. The van der Waals surface area contributed by atoms with Gasteiger partial charge in [-0.05, 0) is 55.7 Å². The number of nitrogens with zero attached hydrogens (tertiary/aromatic N) is 3. The molecule has 0 amide bonds. The number of benzene rings is 1. The van der Waals surface area contributed by atoms with Gasteiger partial charge in [0.2, 0.25) is 10.0 Å². The number of aromatic nitrogens is 1. The van der Waals surface area contributed by atoms with E-state index in [9.17, 15) is 8.42 Å². The lowest BCUT2D eigenvalue weighted by Gasteiger charge is -2.22. The summed E-state index contributed by atoms with van der Waals surface area (Å²) in [5.41, 5.74) is 1.42. The lowest BCUT2D eigenvalue weighted by molar-refractivity contribution is 0.477. The van der Waals surface area contributed by atoms with Gasteiger partial charge in [0.15, 0.2) is 0 Å². The minimum absolute atomic E-state index is 0.310. The van der Waals surface area contributed by atoms with Crippen molar-refractivity contribution in [3.05, 3.63) is 54.2 Å². The number of sulfonamides is 1. The summed E-state index contributed by atoms with van der Waals surface area (Å²) in [6.45, 7) is 3.16. The van der Waals surface area contributed by atoms with Gasteiger partial charge in [0.1, 0.15) is 10.7 Å². The number of hydrogen-bond donors (Lipinski definition) is 0. The van der Waals surface area contributed by atoms with E-state index in [1.165, 1.54) is 18.2 Å². The minimum Gasteiger partial charge on any atom is -0.357 e. The molecule has 2 saturated heterocycles. The fourth-order valence-electron chi connectivity index (χ4n) is 4.17. The summed E-state index contributed by atoms with van der Waals surface area (Å²) in [6.07, 6.45) is 6.82. The molecule has 0 saturated carbocycles. The van der Waals surface area contributed by atoms with Gasteiger partial charge in [-0.1, -0.05) is 30.3 Å². The predicted molar refractivity (Wildman–Crippen MR) is 107 cm³/mol. The van der Waals surface area contributed by atoms with Crippen LogP contribution in [-0.4, -0.2) is 43.9 Å². The Bertz CT molecular complexity index is 847. The predicted octanol–water partition coefficient (Wildman–Crippen LogP) is 3.64. The fraction of sp³-hybridized carbons (Fsp3) is 0.476. The zero-order valence-electron chi connectivity index (χ0n) is 15.6. The summed E-state index contributed by atoms with van der Waals surface area (Å²) >= 11 is 0. The van der Waals surface area contributed by atoms with Crippen molar-refractivity contribution in [1.29, 1.82) is 0 Å². The number of rotatable bonds is 4. The van der Waals surface area contributed by atoms with E-state index in [1.54, 1.807) is 10.4 Å². The molecular formula is C21H27N3O2S. The van der Waals surface area contributed by atoms with Crippen molar-refractivity contribution in [3.63, 3.8) is 0 Å². The molecule has 3 heterocycles. The van der Waals surface area contributed by atoms with Gasteiger partial charge >= 0.3 is 0 Å². The number of anilines is 1. The van der Waals surface area contributed by atoms with Crippen LogP contribution >= 0.6 is 0 Å². The maximum atomic E-state index is 12.6. The maximum Gasteiger partial charge on any atom is 0.244 e. The largest absolute Gasteiger partial charge is 0.357 e. The second kappa shape index (κ2) is 7.98. The highest BCUT2D eigenvalue weighted by Crippen LogP contribution is 2.30. The van der Waals surface area contributed by atoms with Gasteiger partial charge in [-0.3, -0.25) is 0 Å². The third-order valence-electron chi connectivity index (χ3n) is 5.75. The van der Waals surface area contributed by atoms with Gasteiger partial charge in [-0.15, -0.1) is 0 Å². The molecule has 1 atom stereocenters. The molecule has 2 aromatic rings. The van der Waals surface area contributed by atoms with Gasteiger partial charge in [0.25, 0.3) is 0 Å². The first kappa shape index (κ1) is 18.4. The monoisotopic (exact) mass is 385 g/mol. The summed E-state index contributed by atoms with van der Waals surface area (Å²) < 4.78 is 26.9. The van der Waals surface area contributed by atoms with Crippen LogP contribution in [0.4, 0.5) is 5.82 Å². The van der Waals surface area contributed by atoms with Gasteiger partial charge < -0.3 is 4.90 Å². The molecule has 1 unspecified atom stereocenters. The van der Waals surface area contributed by atoms with Gasteiger partial charge in [-0.2, -0.15) is 4.31 Å². The lowest BCUT2D eigenvalue weighted by atomic mass is 9.92.